The fourth-order valence-electron chi connectivity index (χ4n) is 4.86. The molecule has 0 spiro atoms. The summed E-state index contributed by atoms with van der Waals surface area (Å²) < 4.78 is 6.24. The van der Waals surface area contributed by atoms with Crippen molar-refractivity contribution in [2.45, 2.75) is 50.8 Å². The summed E-state index contributed by atoms with van der Waals surface area (Å²) in [6.45, 7) is 1.04. The summed E-state index contributed by atoms with van der Waals surface area (Å²) in [4.78, 5) is 28.7. The molecule has 0 bridgehead atoms. The predicted octanol–water partition coefficient (Wildman–Crippen LogP) is 5.01. The van der Waals surface area contributed by atoms with Crippen LogP contribution in [0.15, 0.2) is 72.1 Å². The van der Waals surface area contributed by atoms with Gasteiger partial charge < -0.3 is 15.0 Å². The quantitative estimate of drug-likeness (QED) is 0.478. The molecular weight excluding hydrogens is 456 g/mol. The number of amides is 2. The van der Waals surface area contributed by atoms with E-state index in [4.69, 9.17) is 4.74 Å². The van der Waals surface area contributed by atoms with E-state index in [0.29, 0.717) is 19.5 Å². The highest BCUT2D eigenvalue weighted by Crippen LogP contribution is 2.26. The van der Waals surface area contributed by atoms with Crippen LogP contribution >= 0.6 is 11.3 Å². The van der Waals surface area contributed by atoms with Crippen molar-refractivity contribution in [2.75, 3.05) is 6.54 Å². The van der Waals surface area contributed by atoms with E-state index >= 15 is 0 Å². The lowest BCUT2D eigenvalue weighted by Gasteiger charge is -2.29. The Morgan fingerprint density at radius 3 is 2.51 bits per heavy atom. The van der Waals surface area contributed by atoms with E-state index in [1.54, 1.807) is 22.3 Å². The molecule has 35 heavy (non-hydrogen) atoms. The summed E-state index contributed by atoms with van der Waals surface area (Å²) in [5, 5.41) is 4.95. The molecule has 2 amide bonds. The number of thiophene rings is 1. The van der Waals surface area contributed by atoms with Crippen molar-refractivity contribution in [3.05, 3.63) is 93.7 Å². The smallest absolute Gasteiger partial charge is 0.247 e. The maximum absolute atomic E-state index is 13.2. The number of hydrogen-bond donors (Lipinski definition) is 1. The van der Waals surface area contributed by atoms with E-state index in [0.717, 1.165) is 41.9 Å². The van der Waals surface area contributed by atoms with Crippen LogP contribution in [0.1, 0.15) is 40.8 Å². The number of hydrogen-bond acceptors (Lipinski definition) is 4. The molecule has 0 radical (unpaired) electrons. The van der Waals surface area contributed by atoms with Gasteiger partial charge in [0.15, 0.2) is 0 Å². The number of nitrogens with one attached hydrogen (secondary N) is 1. The number of carbonyl (C=O) groups excluding carboxylic acids is 2. The van der Waals surface area contributed by atoms with Gasteiger partial charge in [0.25, 0.3) is 0 Å². The van der Waals surface area contributed by atoms with Crippen molar-refractivity contribution in [1.29, 1.82) is 0 Å². The first kappa shape index (κ1) is 23.4. The third kappa shape index (κ3) is 5.82. The monoisotopic (exact) mass is 486 g/mol. The van der Waals surface area contributed by atoms with Gasteiger partial charge in [-0.2, -0.15) is 0 Å². The fraction of sp³-hybridized carbons (Fsp3) is 0.310. The highest BCUT2D eigenvalue weighted by molar-refractivity contribution is 7.10. The van der Waals surface area contributed by atoms with Crippen molar-refractivity contribution >= 4 is 29.2 Å². The molecule has 1 N–H and O–H groups in total. The maximum atomic E-state index is 13.2. The van der Waals surface area contributed by atoms with Gasteiger partial charge in [0.2, 0.25) is 11.8 Å². The molecule has 0 saturated carbocycles. The molecule has 1 aromatic heterocycles. The van der Waals surface area contributed by atoms with Gasteiger partial charge in [-0.3, -0.25) is 9.59 Å². The summed E-state index contributed by atoms with van der Waals surface area (Å²) in [5.74, 6) is 0.611. The van der Waals surface area contributed by atoms with Gasteiger partial charge in [0.1, 0.15) is 17.9 Å². The minimum atomic E-state index is -0.467. The minimum absolute atomic E-state index is 0.0684. The standard InChI is InChI=1S/C29H30N2O3S/c32-28(15-14-26-8-5-17-35-26)31(27-9-3-4-16-30-29(27)33)20-21-10-12-24(13-11-21)34-25-18-22-6-1-2-7-23(22)19-25/h1-2,5-8,10-15,17,25,27H,3-4,9,16,18-20H2,(H,30,33)/b15-14+/t27-/m0/s1. The first-order valence-corrected chi connectivity index (χ1v) is 13.2. The summed E-state index contributed by atoms with van der Waals surface area (Å²) in [7, 11) is 0. The molecular formula is C29H30N2O3S. The fourth-order valence-corrected chi connectivity index (χ4v) is 5.48. The first-order valence-electron chi connectivity index (χ1n) is 12.3. The van der Waals surface area contributed by atoms with Crippen LogP contribution in [0.3, 0.4) is 0 Å². The van der Waals surface area contributed by atoms with Crippen LogP contribution in [-0.2, 0) is 29.0 Å². The number of benzene rings is 2. The number of nitrogens with zero attached hydrogens (tertiary/aromatic N) is 1. The van der Waals surface area contributed by atoms with E-state index in [-0.39, 0.29) is 17.9 Å². The lowest BCUT2D eigenvalue weighted by atomic mass is 10.1. The number of rotatable bonds is 7. The second kappa shape index (κ2) is 10.9. The molecule has 2 aliphatic rings. The predicted molar refractivity (Wildman–Crippen MR) is 139 cm³/mol. The highest BCUT2D eigenvalue weighted by atomic mass is 32.1. The molecule has 5 rings (SSSR count). The van der Waals surface area contributed by atoms with Crippen LogP contribution < -0.4 is 10.1 Å². The second-order valence-electron chi connectivity index (χ2n) is 9.18. The SMILES string of the molecule is O=C1NCCCC[C@@H]1N(Cc1ccc(OC2Cc3ccccc3C2)cc1)C(=O)/C=C/c1cccs1. The number of fused-ring (bicyclic) bond motifs is 1. The average molecular weight is 487 g/mol. The first-order chi connectivity index (χ1) is 17.2. The van der Waals surface area contributed by atoms with E-state index in [2.05, 4.69) is 29.6 Å². The van der Waals surface area contributed by atoms with Crippen LogP contribution in [-0.4, -0.2) is 35.4 Å². The molecule has 3 aromatic rings. The molecule has 2 aromatic carbocycles. The van der Waals surface area contributed by atoms with Crippen molar-refractivity contribution in [3.8, 4) is 5.75 Å². The molecule has 2 heterocycles. The Morgan fingerprint density at radius 1 is 1.03 bits per heavy atom. The van der Waals surface area contributed by atoms with Crippen molar-refractivity contribution in [1.82, 2.24) is 10.2 Å². The zero-order chi connectivity index (χ0) is 24.0. The number of ether oxygens (including phenoxy) is 1. The van der Waals surface area contributed by atoms with Crippen LogP contribution in [0.5, 0.6) is 5.75 Å². The molecule has 5 nitrogen and oxygen atoms in total. The largest absolute Gasteiger partial charge is 0.490 e. The normalized spacial score (nSPS) is 18.2. The van der Waals surface area contributed by atoms with E-state index < -0.39 is 6.04 Å². The van der Waals surface area contributed by atoms with Crippen LogP contribution in [0.4, 0.5) is 0 Å². The lowest BCUT2D eigenvalue weighted by molar-refractivity contribution is -0.137. The van der Waals surface area contributed by atoms with Gasteiger partial charge in [0, 0.05) is 36.9 Å². The van der Waals surface area contributed by atoms with Gasteiger partial charge >= 0.3 is 0 Å². The third-order valence-corrected chi connectivity index (χ3v) is 7.53. The summed E-state index contributed by atoms with van der Waals surface area (Å²) in [5.41, 5.74) is 3.70. The highest BCUT2D eigenvalue weighted by Gasteiger charge is 2.30. The van der Waals surface area contributed by atoms with Gasteiger partial charge in [-0.25, -0.2) is 0 Å². The van der Waals surface area contributed by atoms with Crippen molar-refractivity contribution in [2.24, 2.45) is 0 Å². The molecule has 1 saturated heterocycles. The molecule has 1 aliphatic carbocycles. The summed E-state index contributed by atoms with van der Waals surface area (Å²) in [6, 6.07) is 19.9. The van der Waals surface area contributed by atoms with E-state index in [1.165, 1.54) is 11.1 Å². The van der Waals surface area contributed by atoms with Gasteiger partial charge in [-0.1, -0.05) is 42.5 Å². The van der Waals surface area contributed by atoms with Crippen LogP contribution in [0.25, 0.3) is 6.08 Å². The van der Waals surface area contributed by atoms with Crippen molar-refractivity contribution < 1.29 is 14.3 Å². The van der Waals surface area contributed by atoms with Gasteiger partial charge in [-0.15, -0.1) is 11.3 Å². The second-order valence-corrected chi connectivity index (χ2v) is 10.2. The van der Waals surface area contributed by atoms with E-state index in [9.17, 15) is 9.59 Å². The van der Waals surface area contributed by atoms with Gasteiger partial charge in [0.05, 0.1) is 0 Å². The molecule has 180 valence electrons. The Labute approximate surface area is 210 Å². The molecule has 6 heteroatoms. The Balaban J connectivity index is 1.28. The van der Waals surface area contributed by atoms with Gasteiger partial charge in [-0.05, 0) is 65.6 Å². The van der Waals surface area contributed by atoms with Crippen LogP contribution in [0.2, 0.25) is 0 Å². The summed E-state index contributed by atoms with van der Waals surface area (Å²) >= 11 is 1.58. The Kier molecular flexibility index (Phi) is 7.28. The van der Waals surface area contributed by atoms with Crippen LogP contribution in [0, 0.1) is 0 Å². The molecule has 0 unspecified atom stereocenters. The van der Waals surface area contributed by atoms with Crippen molar-refractivity contribution in [3.63, 3.8) is 0 Å². The number of carbonyl (C=O) groups is 2. The zero-order valence-corrected chi connectivity index (χ0v) is 20.5. The summed E-state index contributed by atoms with van der Waals surface area (Å²) in [6.07, 6.45) is 7.93. The topological polar surface area (TPSA) is 58.6 Å². The molecule has 1 fully saturated rings. The molecule has 1 atom stereocenters. The Hall–Kier alpha value is -3.38. The third-order valence-electron chi connectivity index (χ3n) is 6.69. The average Bonchev–Trinajstić information content (AvgIpc) is 3.49. The Bertz CT molecular complexity index is 1160. The maximum Gasteiger partial charge on any atom is 0.247 e. The minimum Gasteiger partial charge on any atom is -0.490 e. The van der Waals surface area contributed by atoms with E-state index in [1.807, 2.05) is 47.9 Å². The molecule has 1 aliphatic heterocycles. The zero-order valence-electron chi connectivity index (χ0n) is 19.7. The lowest BCUT2D eigenvalue weighted by Crippen LogP contribution is -2.47. The Morgan fingerprint density at radius 2 is 1.80 bits per heavy atom.